The van der Waals surface area contributed by atoms with Gasteiger partial charge < -0.3 is 15.2 Å². The maximum atomic E-state index is 14.3. The van der Waals surface area contributed by atoms with Gasteiger partial charge in [-0.1, -0.05) is 6.07 Å². The number of ether oxygens (including phenoxy) is 2. The molecule has 0 bridgehead atoms. The maximum Gasteiger partial charge on any atom is 0.190 e. The van der Waals surface area contributed by atoms with Gasteiger partial charge >= 0.3 is 0 Å². The molecule has 2 aromatic heterocycles. The normalized spacial score (nSPS) is 10.8. The van der Waals surface area contributed by atoms with Crippen molar-refractivity contribution >= 4 is 5.82 Å². The van der Waals surface area contributed by atoms with E-state index in [1.54, 1.807) is 44.7 Å². The van der Waals surface area contributed by atoms with Crippen molar-refractivity contribution < 1.29 is 18.3 Å². The van der Waals surface area contributed by atoms with Crippen LogP contribution < -0.4 is 15.2 Å². The number of tetrazole rings is 1. The van der Waals surface area contributed by atoms with Crippen LogP contribution in [-0.4, -0.2) is 39.4 Å². The summed E-state index contributed by atoms with van der Waals surface area (Å²) in [6.45, 7) is 0. The molecule has 0 spiro atoms. The Morgan fingerprint density at radius 2 is 1.83 bits per heavy atom. The molecule has 0 fully saturated rings. The van der Waals surface area contributed by atoms with Crippen LogP contribution in [0.1, 0.15) is 0 Å². The van der Waals surface area contributed by atoms with Crippen LogP contribution >= 0.6 is 0 Å². The zero-order valence-corrected chi connectivity index (χ0v) is 16.0. The molecule has 0 saturated heterocycles. The molecule has 8 nitrogen and oxygen atoms in total. The van der Waals surface area contributed by atoms with Crippen molar-refractivity contribution in [3.63, 3.8) is 0 Å². The van der Waals surface area contributed by atoms with E-state index in [1.807, 2.05) is 0 Å². The second-order valence-electron chi connectivity index (χ2n) is 6.21. The Labute approximate surface area is 169 Å². The fraction of sp³-hybridized carbons (Fsp3) is 0.100. The van der Waals surface area contributed by atoms with Gasteiger partial charge in [-0.2, -0.15) is 4.68 Å². The predicted octanol–water partition coefficient (Wildman–Crippen LogP) is 3.27. The lowest BCUT2D eigenvalue weighted by atomic mass is 10.0. The fourth-order valence-corrected chi connectivity index (χ4v) is 3.01. The number of aromatic nitrogens is 5. The molecule has 152 valence electrons. The van der Waals surface area contributed by atoms with Gasteiger partial charge in [0.15, 0.2) is 17.5 Å². The Bertz CT molecular complexity index is 1230. The van der Waals surface area contributed by atoms with Crippen molar-refractivity contribution in [1.82, 2.24) is 25.2 Å². The molecule has 2 aromatic carbocycles. The van der Waals surface area contributed by atoms with Gasteiger partial charge in [0.1, 0.15) is 23.0 Å². The number of halogens is 2. The first kappa shape index (κ1) is 19.2. The number of anilines is 1. The van der Waals surface area contributed by atoms with E-state index < -0.39 is 11.6 Å². The van der Waals surface area contributed by atoms with E-state index in [4.69, 9.17) is 15.2 Å². The molecule has 2 heterocycles. The van der Waals surface area contributed by atoms with Gasteiger partial charge in [0.25, 0.3) is 0 Å². The number of benzene rings is 2. The second kappa shape index (κ2) is 7.74. The largest absolute Gasteiger partial charge is 0.497 e. The highest BCUT2D eigenvalue weighted by atomic mass is 19.2. The molecule has 0 aliphatic carbocycles. The molecule has 0 aliphatic rings. The minimum Gasteiger partial charge on any atom is -0.497 e. The van der Waals surface area contributed by atoms with Crippen molar-refractivity contribution in [1.29, 1.82) is 0 Å². The number of hydrogen-bond donors (Lipinski definition) is 1. The van der Waals surface area contributed by atoms with Crippen LogP contribution in [0.3, 0.4) is 0 Å². The van der Waals surface area contributed by atoms with Gasteiger partial charge in [-0.05, 0) is 46.8 Å². The van der Waals surface area contributed by atoms with Crippen LogP contribution in [0.25, 0.3) is 28.2 Å². The molecule has 2 N–H and O–H groups in total. The minimum atomic E-state index is -1.08. The highest BCUT2D eigenvalue weighted by Gasteiger charge is 2.20. The van der Waals surface area contributed by atoms with Crippen LogP contribution in [-0.2, 0) is 0 Å². The Balaban J connectivity index is 1.88. The van der Waals surface area contributed by atoms with Crippen molar-refractivity contribution in [2.75, 3.05) is 20.0 Å². The van der Waals surface area contributed by atoms with Gasteiger partial charge in [-0.15, -0.1) is 5.10 Å². The number of nitrogens with zero attached hydrogens (tertiary/aromatic N) is 5. The lowest BCUT2D eigenvalue weighted by Gasteiger charge is -2.13. The summed E-state index contributed by atoms with van der Waals surface area (Å²) in [5.74, 6) is -0.667. The van der Waals surface area contributed by atoms with Crippen LogP contribution in [0.5, 0.6) is 11.5 Å². The second-order valence-corrected chi connectivity index (χ2v) is 6.21. The van der Waals surface area contributed by atoms with Gasteiger partial charge in [0.05, 0.1) is 19.8 Å². The highest BCUT2D eigenvalue weighted by Crippen LogP contribution is 2.36. The Hall–Kier alpha value is -4.08. The fourth-order valence-electron chi connectivity index (χ4n) is 3.01. The maximum absolute atomic E-state index is 14.3. The van der Waals surface area contributed by atoms with Gasteiger partial charge in [-0.25, -0.2) is 13.8 Å². The third-order valence-corrected chi connectivity index (χ3v) is 4.51. The summed E-state index contributed by atoms with van der Waals surface area (Å²) in [6.07, 6.45) is 1.56. The number of pyridine rings is 1. The van der Waals surface area contributed by atoms with E-state index in [-0.39, 0.29) is 17.3 Å². The summed E-state index contributed by atoms with van der Waals surface area (Å²) >= 11 is 0. The van der Waals surface area contributed by atoms with Crippen LogP contribution in [0.15, 0.2) is 48.7 Å². The zero-order chi connectivity index (χ0) is 21.3. The molecular formula is C20H16F2N6O2. The molecule has 0 saturated carbocycles. The van der Waals surface area contributed by atoms with E-state index in [0.29, 0.717) is 28.2 Å². The first-order valence-corrected chi connectivity index (χ1v) is 8.74. The molecule has 0 amide bonds. The van der Waals surface area contributed by atoms with E-state index >= 15 is 0 Å². The molecule has 4 aromatic rings. The van der Waals surface area contributed by atoms with Gasteiger partial charge in [-0.3, -0.25) is 0 Å². The monoisotopic (exact) mass is 410 g/mol. The number of rotatable bonds is 5. The third kappa shape index (κ3) is 3.28. The van der Waals surface area contributed by atoms with Crippen LogP contribution in [0, 0.1) is 11.6 Å². The standard InChI is InChI=1S/C20H16F2N6O2/c1-29-12-6-7-17(30-2)13(9-12)11-8-14(19(23)24-10-11)20-25-26-27-28(20)16-5-3-4-15(21)18(16)22/h3-10H,1-2H3,(H2,23,24). The van der Waals surface area contributed by atoms with Crippen molar-refractivity contribution in [3.8, 4) is 39.7 Å². The number of nitrogen functional groups attached to an aromatic ring is 1. The van der Waals surface area contributed by atoms with Crippen molar-refractivity contribution in [2.45, 2.75) is 0 Å². The predicted molar refractivity (Wildman–Crippen MR) is 105 cm³/mol. The summed E-state index contributed by atoms with van der Waals surface area (Å²) in [5.41, 5.74) is 7.58. The molecule has 0 atom stereocenters. The van der Waals surface area contributed by atoms with Crippen molar-refractivity contribution in [2.24, 2.45) is 0 Å². The van der Waals surface area contributed by atoms with E-state index in [0.717, 1.165) is 10.7 Å². The molecule has 4 rings (SSSR count). The molecule has 30 heavy (non-hydrogen) atoms. The number of methoxy groups -OCH3 is 2. The average molecular weight is 410 g/mol. The van der Waals surface area contributed by atoms with Crippen molar-refractivity contribution in [3.05, 3.63) is 60.3 Å². The number of hydrogen-bond acceptors (Lipinski definition) is 7. The summed E-state index contributed by atoms with van der Waals surface area (Å²) in [7, 11) is 3.10. The Morgan fingerprint density at radius 1 is 1.00 bits per heavy atom. The van der Waals surface area contributed by atoms with Gasteiger partial charge in [0, 0.05) is 17.3 Å². The lowest BCUT2D eigenvalue weighted by Crippen LogP contribution is -2.06. The molecule has 0 aliphatic heterocycles. The molecule has 10 heteroatoms. The smallest absolute Gasteiger partial charge is 0.190 e. The summed E-state index contributed by atoms with van der Waals surface area (Å²) in [6, 6.07) is 10.7. The molecular weight excluding hydrogens is 394 g/mol. The summed E-state index contributed by atoms with van der Waals surface area (Å²) in [5, 5.41) is 11.3. The van der Waals surface area contributed by atoms with E-state index in [2.05, 4.69) is 20.5 Å². The Kier molecular flexibility index (Phi) is 4.97. The number of nitrogens with two attached hydrogens (primary N) is 1. The summed E-state index contributed by atoms with van der Waals surface area (Å²) in [4.78, 5) is 4.22. The first-order chi connectivity index (χ1) is 14.5. The zero-order valence-electron chi connectivity index (χ0n) is 16.0. The van der Waals surface area contributed by atoms with Gasteiger partial charge in [0.2, 0.25) is 0 Å². The Morgan fingerprint density at radius 3 is 2.60 bits per heavy atom. The lowest BCUT2D eigenvalue weighted by molar-refractivity contribution is 0.404. The molecule has 0 radical (unpaired) electrons. The first-order valence-electron chi connectivity index (χ1n) is 8.74. The minimum absolute atomic E-state index is 0.105. The topological polar surface area (TPSA) is 101 Å². The van der Waals surface area contributed by atoms with E-state index in [1.165, 1.54) is 12.1 Å². The van der Waals surface area contributed by atoms with Crippen LogP contribution in [0.4, 0.5) is 14.6 Å². The average Bonchev–Trinajstić information content (AvgIpc) is 3.25. The van der Waals surface area contributed by atoms with E-state index in [9.17, 15) is 8.78 Å². The summed E-state index contributed by atoms with van der Waals surface area (Å²) < 4.78 is 39.8. The van der Waals surface area contributed by atoms with Crippen LogP contribution in [0.2, 0.25) is 0 Å². The highest BCUT2D eigenvalue weighted by molar-refractivity contribution is 5.79. The molecule has 0 unspecified atom stereocenters. The quantitative estimate of drug-likeness (QED) is 0.539. The third-order valence-electron chi connectivity index (χ3n) is 4.51. The SMILES string of the molecule is COc1ccc(OC)c(-c2cnc(N)c(-c3nnnn3-c3cccc(F)c3F)c2)c1.